The number of piperidine rings is 1. The van der Waals surface area contributed by atoms with Crippen LogP contribution in [0, 0.1) is 0 Å². The molecule has 0 spiro atoms. The van der Waals surface area contributed by atoms with Crippen molar-refractivity contribution < 1.29 is 9.32 Å². The van der Waals surface area contributed by atoms with Gasteiger partial charge in [0.25, 0.3) is 5.91 Å². The number of anilines is 1. The highest BCUT2D eigenvalue weighted by Gasteiger charge is 2.21. The molecule has 0 bridgehead atoms. The van der Waals surface area contributed by atoms with E-state index in [-0.39, 0.29) is 5.91 Å². The molecule has 6 nitrogen and oxygen atoms in total. The Hall–Kier alpha value is -2.41. The average Bonchev–Trinajstić information content (AvgIpc) is 3.38. The summed E-state index contributed by atoms with van der Waals surface area (Å²) in [6, 6.07) is 6.26. The number of fused-ring (bicyclic) bond motifs is 1. The summed E-state index contributed by atoms with van der Waals surface area (Å²) in [5.74, 6) is 0.0354. The van der Waals surface area contributed by atoms with Gasteiger partial charge in [0.2, 0.25) is 0 Å². The second-order valence-electron chi connectivity index (χ2n) is 7.17. The Balaban J connectivity index is 1.59. The number of hydrogen-bond donors (Lipinski definition) is 0. The zero-order chi connectivity index (χ0) is 19.5. The lowest BCUT2D eigenvalue weighted by Crippen LogP contribution is -2.30. The molecule has 1 aliphatic rings. The third kappa shape index (κ3) is 3.63. The average molecular weight is 399 g/mol. The Kier molecular flexibility index (Phi) is 5.62. The Bertz CT molecular complexity index is 958. The number of amides is 1. The van der Waals surface area contributed by atoms with Crippen LogP contribution in [0.5, 0.6) is 0 Å². The normalized spacial score (nSPS) is 14.6. The van der Waals surface area contributed by atoms with E-state index in [9.17, 15) is 4.79 Å². The molecular weight excluding hydrogens is 372 g/mol. The molecule has 1 aliphatic heterocycles. The van der Waals surface area contributed by atoms with E-state index < -0.39 is 0 Å². The summed E-state index contributed by atoms with van der Waals surface area (Å²) < 4.78 is 5.61. The minimum Gasteiger partial charge on any atom is -0.371 e. The lowest BCUT2D eigenvalue weighted by Gasteiger charge is -2.28. The Morgan fingerprint density at radius 3 is 2.82 bits per heavy atom. The van der Waals surface area contributed by atoms with Gasteiger partial charge < -0.3 is 14.3 Å². The molecule has 3 aromatic rings. The predicted octanol–water partition coefficient (Wildman–Crippen LogP) is 4.81. The predicted molar refractivity (Wildman–Crippen MR) is 113 cm³/mol. The highest BCUT2D eigenvalue weighted by atomic mass is 32.1. The standard InChI is InChI=1S/C21H26N4O2S/c1-3-10-24(4-2)21(26)18-14-22-20(28-18)19-16-9-8-15(13-17(16)27-23-19)25-11-6-5-7-12-25/h8-9,13-14H,3-7,10-12H2,1-2H3. The molecule has 7 heteroatoms. The van der Waals surface area contributed by atoms with Crippen molar-refractivity contribution in [2.45, 2.75) is 39.5 Å². The molecule has 1 amide bonds. The maximum Gasteiger partial charge on any atom is 0.265 e. The van der Waals surface area contributed by atoms with Gasteiger partial charge in [-0.1, -0.05) is 12.1 Å². The molecule has 1 aromatic carbocycles. The first kappa shape index (κ1) is 18.9. The smallest absolute Gasteiger partial charge is 0.265 e. The summed E-state index contributed by atoms with van der Waals surface area (Å²) in [7, 11) is 0. The Morgan fingerprint density at radius 2 is 2.07 bits per heavy atom. The third-order valence-corrected chi connectivity index (χ3v) is 6.25. The molecule has 0 saturated carbocycles. The van der Waals surface area contributed by atoms with Crippen LogP contribution in [0.2, 0.25) is 0 Å². The molecule has 0 radical (unpaired) electrons. The summed E-state index contributed by atoms with van der Waals surface area (Å²) >= 11 is 1.38. The first-order valence-electron chi connectivity index (χ1n) is 10.1. The molecule has 0 N–H and O–H groups in total. The van der Waals surface area contributed by atoms with Gasteiger partial charge in [-0.05, 0) is 44.7 Å². The number of nitrogens with zero attached hydrogens (tertiary/aromatic N) is 4. The minimum atomic E-state index is 0.0354. The monoisotopic (exact) mass is 398 g/mol. The summed E-state index contributed by atoms with van der Waals surface area (Å²) in [5.41, 5.74) is 2.66. The van der Waals surface area contributed by atoms with Gasteiger partial charge in [-0.15, -0.1) is 11.3 Å². The minimum absolute atomic E-state index is 0.0354. The van der Waals surface area contributed by atoms with E-state index in [0.717, 1.165) is 42.0 Å². The number of carbonyl (C=O) groups excluding carboxylic acids is 1. The molecule has 0 aliphatic carbocycles. The van der Waals surface area contributed by atoms with Gasteiger partial charge in [-0.25, -0.2) is 4.98 Å². The van der Waals surface area contributed by atoms with Gasteiger partial charge >= 0.3 is 0 Å². The number of aromatic nitrogens is 2. The van der Waals surface area contributed by atoms with Gasteiger partial charge in [0.1, 0.15) is 15.6 Å². The maximum atomic E-state index is 12.7. The summed E-state index contributed by atoms with van der Waals surface area (Å²) in [6.07, 6.45) is 6.39. The van der Waals surface area contributed by atoms with E-state index in [4.69, 9.17) is 4.52 Å². The molecule has 1 fully saturated rings. The number of carbonyl (C=O) groups is 1. The second-order valence-corrected chi connectivity index (χ2v) is 8.20. The van der Waals surface area contributed by atoms with Crippen LogP contribution in [0.1, 0.15) is 49.2 Å². The maximum absolute atomic E-state index is 12.7. The summed E-state index contributed by atoms with van der Waals surface area (Å²) in [5, 5.41) is 5.92. The van der Waals surface area contributed by atoms with Crippen molar-refractivity contribution in [3.63, 3.8) is 0 Å². The second kappa shape index (κ2) is 8.31. The van der Waals surface area contributed by atoms with Crippen LogP contribution >= 0.6 is 11.3 Å². The van der Waals surface area contributed by atoms with Crippen molar-refractivity contribution in [3.05, 3.63) is 29.3 Å². The zero-order valence-corrected chi connectivity index (χ0v) is 17.3. The highest BCUT2D eigenvalue weighted by Crippen LogP contribution is 2.33. The van der Waals surface area contributed by atoms with E-state index >= 15 is 0 Å². The van der Waals surface area contributed by atoms with E-state index in [1.54, 1.807) is 6.20 Å². The van der Waals surface area contributed by atoms with Crippen LogP contribution in [0.3, 0.4) is 0 Å². The van der Waals surface area contributed by atoms with Crippen molar-refractivity contribution in [2.75, 3.05) is 31.1 Å². The SMILES string of the molecule is CCCN(CC)C(=O)c1cnc(-c2noc3cc(N4CCCCC4)ccc23)s1. The van der Waals surface area contributed by atoms with Crippen LogP contribution < -0.4 is 4.90 Å². The molecule has 2 aromatic heterocycles. The van der Waals surface area contributed by atoms with E-state index in [0.29, 0.717) is 17.1 Å². The van der Waals surface area contributed by atoms with Gasteiger partial charge in [0, 0.05) is 37.9 Å². The zero-order valence-electron chi connectivity index (χ0n) is 16.5. The van der Waals surface area contributed by atoms with Crippen molar-refractivity contribution in [1.29, 1.82) is 0 Å². The molecule has 1 saturated heterocycles. The molecule has 28 heavy (non-hydrogen) atoms. The highest BCUT2D eigenvalue weighted by molar-refractivity contribution is 7.17. The fourth-order valence-corrected chi connectivity index (χ4v) is 4.62. The van der Waals surface area contributed by atoms with Gasteiger partial charge in [-0.2, -0.15) is 0 Å². The van der Waals surface area contributed by atoms with E-state index in [1.165, 1.54) is 36.3 Å². The van der Waals surface area contributed by atoms with Crippen LogP contribution in [-0.4, -0.2) is 47.1 Å². The first-order valence-corrected chi connectivity index (χ1v) is 10.9. The molecule has 148 valence electrons. The number of benzene rings is 1. The van der Waals surface area contributed by atoms with Gasteiger partial charge in [0.15, 0.2) is 5.58 Å². The van der Waals surface area contributed by atoms with Crippen LogP contribution in [-0.2, 0) is 0 Å². The summed E-state index contributed by atoms with van der Waals surface area (Å²) in [6.45, 7) is 7.72. The van der Waals surface area contributed by atoms with E-state index in [1.807, 2.05) is 11.8 Å². The molecule has 4 rings (SSSR count). The quantitative estimate of drug-likeness (QED) is 0.596. The van der Waals surface area contributed by atoms with Crippen LogP contribution in [0.4, 0.5) is 5.69 Å². The molecular formula is C21H26N4O2S. The lowest BCUT2D eigenvalue weighted by atomic mass is 10.1. The Labute approximate surface area is 169 Å². The van der Waals surface area contributed by atoms with Crippen LogP contribution in [0.15, 0.2) is 28.9 Å². The van der Waals surface area contributed by atoms with Crippen molar-refractivity contribution in [2.24, 2.45) is 0 Å². The van der Waals surface area contributed by atoms with Gasteiger partial charge in [0.05, 0.1) is 11.6 Å². The third-order valence-electron chi connectivity index (χ3n) is 5.26. The number of hydrogen-bond acceptors (Lipinski definition) is 6. The molecule has 0 unspecified atom stereocenters. The first-order chi connectivity index (χ1) is 13.7. The fourth-order valence-electron chi connectivity index (χ4n) is 3.74. The Morgan fingerprint density at radius 1 is 1.25 bits per heavy atom. The van der Waals surface area contributed by atoms with Crippen molar-refractivity contribution >= 4 is 33.9 Å². The molecule has 3 heterocycles. The number of rotatable bonds is 6. The lowest BCUT2D eigenvalue weighted by molar-refractivity contribution is 0.0769. The summed E-state index contributed by atoms with van der Waals surface area (Å²) in [4.78, 5) is 22.0. The van der Waals surface area contributed by atoms with E-state index in [2.05, 4.69) is 40.2 Å². The number of thiazole rings is 1. The van der Waals surface area contributed by atoms with Crippen molar-refractivity contribution in [3.8, 4) is 10.7 Å². The van der Waals surface area contributed by atoms with Crippen molar-refractivity contribution in [1.82, 2.24) is 15.0 Å². The fraction of sp³-hybridized carbons (Fsp3) is 0.476. The van der Waals surface area contributed by atoms with Crippen LogP contribution in [0.25, 0.3) is 21.7 Å². The van der Waals surface area contributed by atoms with Gasteiger partial charge in [-0.3, -0.25) is 4.79 Å². The molecule has 0 atom stereocenters. The topological polar surface area (TPSA) is 62.5 Å². The largest absolute Gasteiger partial charge is 0.371 e.